The van der Waals surface area contributed by atoms with Gasteiger partial charge in [-0.2, -0.15) is 0 Å². The third-order valence-electron chi connectivity index (χ3n) is 4.42. The van der Waals surface area contributed by atoms with E-state index in [0.29, 0.717) is 21.5 Å². The highest BCUT2D eigenvalue weighted by Crippen LogP contribution is 2.34. The van der Waals surface area contributed by atoms with Gasteiger partial charge in [0, 0.05) is 28.6 Å². The van der Waals surface area contributed by atoms with Crippen LogP contribution in [-0.4, -0.2) is 10.8 Å². The van der Waals surface area contributed by atoms with Crippen LogP contribution in [0.25, 0.3) is 11.1 Å². The number of thiazole rings is 1. The van der Waals surface area contributed by atoms with E-state index in [4.69, 9.17) is 16.3 Å². The first kappa shape index (κ1) is 20.2. The molecule has 0 amide bonds. The molecule has 1 aromatic heterocycles. The summed E-state index contributed by atoms with van der Waals surface area (Å²) in [5, 5.41) is 2.88. The van der Waals surface area contributed by atoms with Crippen molar-refractivity contribution in [1.29, 1.82) is 0 Å². The molecule has 1 heterocycles. The van der Waals surface area contributed by atoms with E-state index in [1.807, 2.05) is 5.38 Å². The number of rotatable bonds is 6. The molecule has 0 bridgehead atoms. The van der Waals surface area contributed by atoms with Gasteiger partial charge >= 0.3 is 0 Å². The van der Waals surface area contributed by atoms with Gasteiger partial charge in [-0.3, -0.25) is 4.79 Å². The molecule has 0 spiro atoms. The quantitative estimate of drug-likeness (QED) is 0.303. The molecule has 0 fully saturated rings. The monoisotopic (exact) mass is 441 g/mol. The number of aromatic nitrogens is 1. The topological polar surface area (TPSA) is 39.2 Å². The number of carbonyl (C=O) groups excluding carboxylic acids is 1. The van der Waals surface area contributed by atoms with E-state index in [1.54, 1.807) is 48.7 Å². The molecule has 7 heteroatoms. The molecular weight excluding hydrogens is 428 g/mol. The maximum absolute atomic E-state index is 13.8. The zero-order valence-corrected chi connectivity index (χ0v) is 17.0. The first-order chi connectivity index (χ1) is 14.5. The van der Waals surface area contributed by atoms with E-state index < -0.39 is 23.0 Å². The molecular formula is C23H14ClF2NO2S. The lowest BCUT2D eigenvalue weighted by molar-refractivity contribution is 0.0985. The molecule has 3 aromatic carbocycles. The van der Waals surface area contributed by atoms with E-state index in [0.717, 1.165) is 23.3 Å². The largest absolute Gasteiger partial charge is 0.431 e. The summed E-state index contributed by atoms with van der Waals surface area (Å²) >= 11 is 7.73. The minimum atomic E-state index is -0.861. The predicted octanol–water partition coefficient (Wildman–Crippen LogP) is 6.96. The van der Waals surface area contributed by atoms with E-state index in [-0.39, 0.29) is 6.42 Å². The van der Waals surface area contributed by atoms with Crippen LogP contribution in [0.15, 0.2) is 72.2 Å². The summed E-state index contributed by atoms with van der Waals surface area (Å²) in [5.41, 5.74) is 1.69. The third kappa shape index (κ3) is 4.40. The lowest BCUT2D eigenvalue weighted by atomic mass is 9.99. The number of benzene rings is 3. The second kappa shape index (κ2) is 8.73. The fraction of sp³-hybridized carbons (Fsp3) is 0.0435. The van der Waals surface area contributed by atoms with E-state index in [1.165, 1.54) is 17.4 Å². The third-order valence-corrected chi connectivity index (χ3v) is 5.40. The average Bonchev–Trinajstić information content (AvgIpc) is 3.23. The molecule has 150 valence electrons. The Labute approximate surface area is 180 Å². The van der Waals surface area contributed by atoms with Crippen molar-refractivity contribution in [3.63, 3.8) is 0 Å². The molecule has 0 N–H and O–H groups in total. The summed E-state index contributed by atoms with van der Waals surface area (Å²) in [6.45, 7) is 0. The van der Waals surface area contributed by atoms with E-state index in [2.05, 4.69) is 4.98 Å². The smallest absolute Gasteiger partial charge is 0.278 e. The van der Waals surface area contributed by atoms with Gasteiger partial charge in [0.2, 0.25) is 0 Å². The molecule has 0 unspecified atom stereocenters. The number of Topliss-reactive ketones (excluding diaryl/α,β-unsaturated/α-hetero) is 1. The summed E-state index contributed by atoms with van der Waals surface area (Å²) in [6, 6.07) is 15.7. The van der Waals surface area contributed by atoms with Gasteiger partial charge in [-0.1, -0.05) is 53.3 Å². The minimum Gasteiger partial charge on any atom is -0.431 e. The van der Waals surface area contributed by atoms with Crippen LogP contribution in [-0.2, 0) is 6.42 Å². The summed E-state index contributed by atoms with van der Waals surface area (Å²) in [7, 11) is 0. The Kier molecular flexibility index (Phi) is 5.88. The molecule has 0 saturated heterocycles. The molecule has 30 heavy (non-hydrogen) atoms. The lowest BCUT2D eigenvalue weighted by Gasteiger charge is -2.09. The van der Waals surface area contributed by atoms with Crippen LogP contribution in [0, 0.1) is 11.6 Å². The van der Waals surface area contributed by atoms with Crippen LogP contribution >= 0.6 is 22.9 Å². The Hall–Kier alpha value is -3.09. The number of ketones is 1. The van der Waals surface area contributed by atoms with Gasteiger partial charge in [-0.05, 0) is 41.5 Å². The first-order valence-corrected chi connectivity index (χ1v) is 10.2. The van der Waals surface area contributed by atoms with Gasteiger partial charge in [0.1, 0.15) is 17.4 Å². The normalized spacial score (nSPS) is 10.8. The highest BCUT2D eigenvalue weighted by Gasteiger charge is 2.17. The Balaban J connectivity index is 1.54. The number of hydrogen-bond donors (Lipinski definition) is 0. The molecule has 4 aromatic rings. The van der Waals surface area contributed by atoms with Crippen molar-refractivity contribution in [2.45, 2.75) is 6.42 Å². The van der Waals surface area contributed by atoms with Crippen LogP contribution in [0.5, 0.6) is 10.9 Å². The molecule has 0 saturated carbocycles. The summed E-state index contributed by atoms with van der Waals surface area (Å²) in [6.07, 6.45) is 1.54. The Bertz CT molecular complexity index is 1170. The predicted molar refractivity (Wildman–Crippen MR) is 113 cm³/mol. The van der Waals surface area contributed by atoms with Crippen LogP contribution in [0.4, 0.5) is 8.78 Å². The van der Waals surface area contributed by atoms with Gasteiger partial charge < -0.3 is 4.74 Å². The summed E-state index contributed by atoms with van der Waals surface area (Å²) in [4.78, 5) is 16.4. The number of nitrogens with zero attached hydrogens (tertiary/aromatic N) is 1. The molecule has 3 nitrogen and oxygen atoms in total. The average molecular weight is 442 g/mol. The second-order valence-corrected chi connectivity index (χ2v) is 7.70. The molecule has 0 aliphatic heterocycles. The van der Waals surface area contributed by atoms with Crippen molar-refractivity contribution in [1.82, 2.24) is 4.98 Å². The molecule has 0 aliphatic rings. The number of ether oxygens (including phenoxy) is 1. The summed E-state index contributed by atoms with van der Waals surface area (Å²) < 4.78 is 33.3. The zero-order chi connectivity index (χ0) is 21.1. The lowest BCUT2D eigenvalue weighted by Crippen LogP contribution is -2.09. The highest BCUT2D eigenvalue weighted by molar-refractivity contribution is 7.11. The van der Waals surface area contributed by atoms with Crippen molar-refractivity contribution in [2.75, 3.05) is 0 Å². The number of halogens is 3. The Morgan fingerprint density at radius 2 is 1.77 bits per heavy atom. The van der Waals surface area contributed by atoms with Crippen LogP contribution < -0.4 is 4.74 Å². The van der Waals surface area contributed by atoms with Gasteiger partial charge in [0.15, 0.2) is 5.78 Å². The number of carbonyl (C=O) groups is 1. The Morgan fingerprint density at radius 3 is 2.43 bits per heavy atom. The van der Waals surface area contributed by atoms with Gasteiger partial charge in [-0.15, -0.1) is 0 Å². The van der Waals surface area contributed by atoms with Crippen molar-refractivity contribution >= 4 is 28.7 Å². The summed E-state index contributed by atoms with van der Waals surface area (Å²) in [5.74, 6) is -1.74. The molecule has 0 aliphatic carbocycles. The highest BCUT2D eigenvalue weighted by atomic mass is 35.5. The van der Waals surface area contributed by atoms with Gasteiger partial charge in [0.25, 0.3) is 5.19 Å². The van der Waals surface area contributed by atoms with Crippen molar-refractivity contribution < 1.29 is 18.3 Å². The standard InChI is InChI=1S/C23H14ClF2NO2S/c24-18-9-8-16(29-23-27-10-11-30-23)13-17(18)15-6-4-14(5-7-15)12-21(28)22-19(25)2-1-3-20(22)26/h1-11,13H,12H2. The second-order valence-electron chi connectivity index (χ2n) is 6.44. The maximum Gasteiger partial charge on any atom is 0.278 e. The maximum atomic E-state index is 13.8. The van der Waals surface area contributed by atoms with Crippen LogP contribution in [0.1, 0.15) is 15.9 Å². The molecule has 0 atom stereocenters. The zero-order valence-electron chi connectivity index (χ0n) is 15.4. The first-order valence-electron chi connectivity index (χ1n) is 8.94. The van der Waals surface area contributed by atoms with Crippen LogP contribution in [0.2, 0.25) is 5.02 Å². The van der Waals surface area contributed by atoms with Crippen LogP contribution in [0.3, 0.4) is 0 Å². The van der Waals surface area contributed by atoms with Crippen molar-refractivity contribution in [3.8, 4) is 22.1 Å². The van der Waals surface area contributed by atoms with E-state index in [9.17, 15) is 13.6 Å². The SMILES string of the molecule is O=C(Cc1ccc(-c2cc(Oc3nccs3)ccc2Cl)cc1)c1c(F)cccc1F. The molecule has 4 rings (SSSR count). The van der Waals surface area contributed by atoms with E-state index >= 15 is 0 Å². The van der Waals surface area contributed by atoms with Crippen molar-refractivity contribution in [2.24, 2.45) is 0 Å². The fourth-order valence-corrected chi connectivity index (χ4v) is 3.72. The fourth-order valence-electron chi connectivity index (χ4n) is 2.99. The Morgan fingerprint density at radius 1 is 1.03 bits per heavy atom. The number of hydrogen-bond acceptors (Lipinski definition) is 4. The minimum absolute atomic E-state index is 0.112. The molecule has 0 radical (unpaired) electrons. The van der Waals surface area contributed by atoms with Crippen molar-refractivity contribution in [3.05, 3.63) is 100 Å². The van der Waals surface area contributed by atoms with Gasteiger partial charge in [-0.25, -0.2) is 13.8 Å². The van der Waals surface area contributed by atoms with Gasteiger partial charge in [0.05, 0.1) is 5.56 Å².